The van der Waals surface area contributed by atoms with Gasteiger partial charge >= 0.3 is 0 Å². The summed E-state index contributed by atoms with van der Waals surface area (Å²) in [7, 11) is 3.48. The Bertz CT molecular complexity index is 448. The van der Waals surface area contributed by atoms with Gasteiger partial charge in [-0.05, 0) is 50.8 Å². The van der Waals surface area contributed by atoms with E-state index in [1.165, 1.54) is 12.0 Å². The van der Waals surface area contributed by atoms with Crippen LogP contribution in [0.5, 0.6) is 11.5 Å². The van der Waals surface area contributed by atoms with Gasteiger partial charge in [0.1, 0.15) is 0 Å². The summed E-state index contributed by atoms with van der Waals surface area (Å²) in [4.78, 5) is 0. The van der Waals surface area contributed by atoms with Crippen molar-refractivity contribution >= 4 is 0 Å². The normalized spacial score (nSPS) is 21.8. The Hall–Kier alpha value is -1.26. The van der Waals surface area contributed by atoms with E-state index in [1.54, 1.807) is 14.2 Å². The Morgan fingerprint density at radius 3 is 2.62 bits per heavy atom. The molecule has 4 heteroatoms. The van der Waals surface area contributed by atoms with Crippen LogP contribution in [-0.4, -0.2) is 32.5 Å². The maximum absolute atomic E-state index is 5.74. The van der Waals surface area contributed by atoms with Crippen LogP contribution in [0.15, 0.2) is 18.2 Å². The molecule has 0 heterocycles. The van der Waals surface area contributed by atoms with Gasteiger partial charge in [0, 0.05) is 19.7 Å². The van der Waals surface area contributed by atoms with E-state index in [-0.39, 0.29) is 6.10 Å². The molecule has 1 fully saturated rings. The molecule has 1 aromatic carbocycles. The second kappa shape index (κ2) is 7.66. The van der Waals surface area contributed by atoms with E-state index in [0.717, 1.165) is 30.9 Å². The van der Waals surface area contributed by atoms with E-state index in [2.05, 4.69) is 11.4 Å². The second-order valence-electron chi connectivity index (χ2n) is 5.90. The molecule has 118 valence electrons. The van der Waals surface area contributed by atoms with Crippen molar-refractivity contribution in [2.75, 3.05) is 14.2 Å². The first-order chi connectivity index (χ1) is 10.1. The summed E-state index contributed by atoms with van der Waals surface area (Å²) in [6.07, 6.45) is 4.00. The molecular weight excluding hydrogens is 266 g/mol. The molecule has 4 nitrogen and oxygen atoms in total. The standard InChI is InChI=1S/C17H27NO3/c1-12(2)21-16-8-5-13(9-17(16)20-4)11-18-14-6-7-15(10-14)19-3/h5,8-9,12,14-15,18H,6-7,10-11H2,1-4H3. The van der Waals surface area contributed by atoms with Crippen molar-refractivity contribution in [1.29, 1.82) is 0 Å². The third kappa shape index (κ3) is 4.61. The number of ether oxygens (including phenoxy) is 3. The summed E-state index contributed by atoms with van der Waals surface area (Å²) in [6.45, 7) is 4.88. The maximum atomic E-state index is 5.74. The Labute approximate surface area is 127 Å². The molecule has 2 atom stereocenters. The van der Waals surface area contributed by atoms with E-state index in [4.69, 9.17) is 14.2 Å². The number of hydrogen-bond acceptors (Lipinski definition) is 4. The van der Waals surface area contributed by atoms with Gasteiger partial charge in [-0.3, -0.25) is 0 Å². The van der Waals surface area contributed by atoms with Gasteiger partial charge < -0.3 is 19.5 Å². The highest BCUT2D eigenvalue weighted by atomic mass is 16.5. The lowest BCUT2D eigenvalue weighted by atomic mass is 10.1. The molecule has 0 spiro atoms. The van der Waals surface area contributed by atoms with Crippen LogP contribution in [0.1, 0.15) is 38.7 Å². The molecular formula is C17H27NO3. The number of methoxy groups -OCH3 is 2. The molecule has 21 heavy (non-hydrogen) atoms. The van der Waals surface area contributed by atoms with Crippen LogP contribution < -0.4 is 14.8 Å². The molecule has 2 rings (SSSR count). The van der Waals surface area contributed by atoms with Crippen molar-refractivity contribution in [2.45, 2.75) is 57.9 Å². The van der Waals surface area contributed by atoms with Crippen molar-refractivity contribution in [3.63, 3.8) is 0 Å². The topological polar surface area (TPSA) is 39.7 Å². The molecule has 0 amide bonds. The zero-order chi connectivity index (χ0) is 15.2. The molecule has 0 radical (unpaired) electrons. The summed E-state index contributed by atoms with van der Waals surface area (Å²) < 4.78 is 16.6. The average Bonchev–Trinajstić information content (AvgIpc) is 2.93. The first kappa shape index (κ1) is 16.1. The third-order valence-electron chi connectivity index (χ3n) is 3.90. The van der Waals surface area contributed by atoms with Crippen molar-refractivity contribution in [3.05, 3.63) is 23.8 Å². The van der Waals surface area contributed by atoms with Gasteiger partial charge in [0.15, 0.2) is 11.5 Å². The lowest BCUT2D eigenvalue weighted by Crippen LogP contribution is -2.26. The van der Waals surface area contributed by atoms with Gasteiger partial charge in [0.2, 0.25) is 0 Å². The van der Waals surface area contributed by atoms with E-state index < -0.39 is 0 Å². The van der Waals surface area contributed by atoms with Crippen molar-refractivity contribution in [1.82, 2.24) is 5.32 Å². The lowest BCUT2D eigenvalue weighted by Gasteiger charge is -2.16. The van der Waals surface area contributed by atoms with Crippen LogP contribution in [0.2, 0.25) is 0 Å². The van der Waals surface area contributed by atoms with Gasteiger partial charge in [-0.25, -0.2) is 0 Å². The van der Waals surface area contributed by atoms with E-state index >= 15 is 0 Å². The number of benzene rings is 1. The Balaban J connectivity index is 1.91. The highest BCUT2D eigenvalue weighted by molar-refractivity contribution is 5.43. The minimum absolute atomic E-state index is 0.146. The average molecular weight is 293 g/mol. The minimum Gasteiger partial charge on any atom is -0.493 e. The summed E-state index contributed by atoms with van der Waals surface area (Å²) in [5, 5.41) is 3.60. The molecule has 1 aliphatic carbocycles. The highest BCUT2D eigenvalue weighted by Gasteiger charge is 2.23. The fraction of sp³-hybridized carbons (Fsp3) is 0.647. The molecule has 1 saturated carbocycles. The van der Waals surface area contributed by atoms with Gasteiger partial charge in [0.05, 0.1) is 19.3 Å². The van der Waals surface area contributed by atoms with Crippen molar-refractivity contribution < 1.29 is 14.2 Å². The number of rotatable bonds is 7. The Morgan fingerprint density at radius 2 is 2.00 bits per heavy atom. The smallest absolute Gasteiger partial charge is 0.161 e. The van der Waals surface area contributed by atoms with Crippen LogP contribution in [0.25, 0.3) is 0 Å². The molecule has 0 aliphatic heterocycles. The highest BCUT2D eigenvalue weighted by Crippen LogP contribution is 2.29. The third-order valence-corrected chi connectivity index (χ3v) is 3.90. The van der Waals surface area contributed by atoms with Crippen LogP contribution in [0, 0.1) is 0 Å². The molecule has 0 bridgehead atoms. The van der Waals surface area contributed by atoms with Crippen LogP contribution >= 0.6 is 0 Å². The van der Waals surface area contributed by atoms with Crippen molar-refractivity contribution in [2.24, 2.45) is 0 Å². The van der Waals surface area contributed by atoms with Crippen LogP contribution in [0.3, 0.4) is 0 Å². The molecule has 2 unspecified atom stereocenters. The van der Waals surface area contributed by atoms with Gasteiger partial charge in [-0.2, -0.15) is 0 Å². The summed E-state index contributed by atoms with van der Waals surface area (Å²) in [6, 6.07) is 6.68. The Kier molecular flexibility index (Phi) is 5.88. The van der Waals surface area contributed by atoms with Crippen LogP contribution in [-0.2, 0) is 11.3 Å². The Morgan fingerprint density at radius 1 is 1.19 bits per heavy atom. The summed E-state index contributed by atoms with van der Waals surface area (Å²) in [5.74, 6) is 1.60. The van der Waals surface area contributed by atoms with Gasteiger partial charge in [0.25, 0.3) is 0 Å². The predicted molar refractivity (Wildman–Crippen MR) is 84.0 cm³/mol. The first-order valence-electron chi connectivity index (χ1n) is 7.72. The molecule has 0 saturated heterocycles. The van der Waals surface area contributed by atoms with E-state index in [1.807, 2.05) is 26.0 Å². The van der Waals surface area contributed by atoms with Crippen LogP contribution in [0.4, 0.5) is 0 Å². The number of nitrogens with one attached hydrogen (secondary N) is 1. The van der Waals surface area contributed by atoms with Gasteiger partial charge in [-0.1, -0.05) is 6.07 Å². The van der Waals surface area contributed by atoms with Gasteiger partial charge in [-0.15, -0.1) is 0 Å². The van der Waals surface area contributed by atoms with Crippen molar-refractivity contribution in [3.8, 4) is 11.5 Å². The molecule has 1 aliphatic rings. The quantitative estimate of drug-likeness (QED) is 0.838. The number of hydrogen-bond donors (Lipinski definition) is 1. The summed E-state index contributed by atoms with van der Waals surface area (Å²) >= 11 is 0. The zero-order valence-electron chi connectivity index (χ0n) is 13.5. The molecule has 1 aromatic rings. The fourth-order valence-corrected chi connectivity index (χ4v) is 2.78. The molecule has 0 aromatic heterocycles. The van der Waals surface area contributed by atoms with E-state index in [9.17, 15) is 0 Å². The molecule has 1 N–H and O–H groups in total. The zero-order valence-corrected chi connectivity index (χ0v) is 13.5. The van der Waals surface area contributed by atoms with E-state index in [0.29, 0.717) is 12.1 Å². The lowest BCUT2D eigenvalue weighted by molar-refractivity contribution is 0.107. The first-order valence-corrected chi connectivity index (χ1v) is 7.72. The predicted octanol–water partition coefficient (Wildman–Crippen LogP) is 3.14. The minimum atomic E-state index is 0.146. The fourth-order valence-electron chi connectivity index (χ4n) is 2.78. The second-order valence-corrected chi connectivity index (χ2v) is 5.90. The SMILES string of the molecule is COc1cc(CNC2CCC(OC)C2)ccc1OC(C)C. The maximum Gasteiger partial charge on any atom is 0.161 e. The largest absolute Gasteiger partial charge is 0.493 e. The monoisotopic (exact) mass is 293 g/mol. The summed E-state index contributed by atoms with van der Waals surface area (Å²) in [5.41, 5.74) is 1.21.